The Morgan fingerprint density at radius 2 is 1.13 bits per heavy atom. The molecule has 0 heterocycles. The van der Waals surface area contributed by atoms with Gasteiger partial charge in [0.15, 0.2) is 0 Å². The Kier molecular flexibility index (Phi) is 10.8. The lowest BCUT2D eigenvalue weighted by molar-refractivity contribution is 0.130. The van der Waals surface area contributed by atoms with Crippen LogP contribution >= 0.6 is 11.8 Å². The van der Waals surface area contributed by atoms with Gasteiger partial charge < -0.3 is 20.4 Å². The molecule has 15 heavy (non-hydrogen) atoms. The van der Waals surface area contributed by atoms with Crippen LogP contribution < -0.4 is 0 Å². The zero-order chi connectivity index (χ0) is 11.5. The van der Waals surface area contributed by atoms with Crippen LogP contribution in [-0.4, -0.2) is 57.4 Å². The molecule has 0 amide bonds. The fourth-order valence-electron chi connectivity index (χ4n) is 1.13. The lowest BCUT2D eigenvalue weighted by Gasteiger charge is -2.10. The molecular weight excluding hydrogens is 216 g/mol. The van der Waals surface area contributed by atoms with Gasteiger partial charge in [0.1, 0.15) is 0 Å². The second-order valence-electron chi connectivity index (χ2n) is 3.52. The highest BCUT2D eigenvalue weighted by atomic mass is 32.2. The van der Waals surface area contributed by atoms with Gasteiger partial charge >= 0.3 is 0 Å². The number of hydrogen-bond acceptors (Lipinski definition) is 5. The fourth-order valence-corrected chi connectivity index (χ4v) is 2.21. The van der Waals surface area contributed by atoms with Crippen LogP contribution in [0.4, 0.5) is 0 Å². The first-order valence-electron chi connectivity index (χ1n) is 5.36. The quantitative estimate of drug-likeness (QED) is 0.402. The Morgan fingerprint density at radius 3 is 1.47 bits per heavy atom. The molecule has 2 atom stereocenters. The van der Waals surface area contributed by atoms with Crippen molar-refractivity contribution >= 4 is 11.8 Å². The zero-order valence-electron chi connectivity index (χ0n) is 9.01. The first-order valence-corrected chi connectivity index (χ1v) is 6.51. The van der Waals surface area contributed by atoms with E-state index in [0.717, 1.165) is 11.5 Å². The van der Waals surface area contributed by atoms with Crippen LogP contribution in [-0.2, 0) is 0 Å². The molecule has 0 aromatic heterocycles. The Morgan fingerprint density at radius 1 is 0.733 bits per heavy atom. The van der Waals surface area contributed by atoms with Crippen LogP contribution in [0.5, 0.6) is 0 Å². The van der Waals surface area contributed by atoms with Gasteiger partial charge in [0.2, 0.25) is 0 Å². The molecule has 5 heteroatoms. The van der Waals surface area contributed by atoms with E-state index in [9.17, 15) is 10.2 Å². The highest BCUT2D eigenvalue weighted by Gasteiger charge is 2.05. The van der Waals surface area contributed by atoms with Crippen LogP contribution in [0, 0.1) is 0 Å². The van der Waals surface area contributed by atoms with Gasteiger partial charge in [-0.2, -0.15) is 11.8 Å². The zero-order valence-corrected chi connectivity index (χ0v) is 9.83. The molecule has 0 bridgehead atoms. The van der Waals surface area contributed by atoms with Gasteiger partial charge in [-0.15, -0.1) is 0 Å². The maximum atomic E-state index is 9.29. The number of hydrogen-bond donors (Lipinski definition) is 4. The number of aliphatic hydroxyl groups excluding tert-OH is 4. The molecule has 0 radical (unpaired) electrons. The molecule has 0 aliphatic carbocycles. The van der Waals surface area contributed by atoms with Crippen LogP contribution in [0.2, 0.25) is 0 Å². The van der Waals surface area contributed by atoms with E-state index in [-0.39, 0.29) is 13.2 Å². The maximum absolute atomic E-state index is 9.29. The summed E-state index contributed by atoms with van der Waals surface area (Å²) in [4.78, 5) is 0. The molecule has 4 N–H and O–H groups in total. The number of aliphatic hydroxyl groups is 4. The van der Waals surface area contributed by atoms with Crippen LogP contribution in [0.1, 0.15) is 25.7 Å². The molecule has 0 aliphatic rings. The van der Waals surface area contributed by atoms with E-state index >= 15 is 0 Å². The minimum absolute atomic E-state index is 0.0288. The molecule has 0 fully saturated rings. The Bertz CT molecular complexity index is 121. The van der Waals surface area contributed by atoms with E-state index in [2.05, 4.69) is 0 Å². The van der Waals surface area contributed by atoms with Crippen molar-refractivity contribution in [2.24, 2.45) is 0 Å². The summed E-state index contributed by atoms with van der Waals surface area (Å²) in [5.41, 5.74) is 0. The summed E-state index contributed by atoms with van der Waals surface area (Å²) in [6, 6.07) is 0. The monoisotopic (exact) mass is 238 g/mol. The molecule has 0 aromatic rings. The van der Waals surface area contributed by atoms with Crippen LogP contribution in [0.25, 0.3) is 0 Å². The topological polar surface area (TPSA) is 80.9 Å². The molecule has 2 unspecified atom stereocenters. The summed E-state index contributed by atoms with van der Waals surface area (Å²) in [5, 5.41) is 35.7. The first kappa shape index (κ1) is 15.2. The van der Waals surface area contributed by atoms with E-state index in [1.807, 2.05) is 0 Å². The van der Waals surface area contributed by atoms with Crippen molar-refractivity contribution in [2.75, 3.05) is 24.7 Å². The van der Waals surface area contributed by atoms with Crippen molar-refractivity contribution in [3.05, 3.63) is 0 Å². The lowest BCUT2D eigenvalue weighted by Crippen LogP contribution is -2.11. The lowest BCUT2D eigenvalue weighted by atomic mass is 10.2. The molecular formula is C10H22O4S. The molecule has 0 spiro atoms. The molecule has 4 nitrogen and oxygen atoms in total. The predicted octanol–water partition coefficient (Wildman–Crippen LogP) is -0.0136. The third-order valence-electron chi connectivity index (χ3n) is 2.12. The van der Waals surface area contributed by atoms with Crippen molar-refractivity contribution in [3.63, 3.8) is 0 Å². The van der Waals surface area contributed by atoms with E-state index in [0.29, 0.717) is 25.7 Å². The summed E-state index contributed by atoms with van der Waals surface area (Å²) in [6.45, 7) is 0.0576. The number of thioether (sulfide) groups is 1. The second kappa shape index (κ2) is 10.7. The summed E-state index contributed by atoms with van der Waals surface area (Å²) in [5.74, 6) is 1.68. The van der Waals surface area contributed by atoms with Gasteiger partial charge in [-0.3, -0.25) is 0 Å². The minimum Gasteiger partial charge on any atom is -0.396 e. The molecule has 92 valence electrons. The van der Waals surface area contributed by atoms with Gasteiger partial charge in [-0.1, -0.05) is 0 Å². The van der Waals surface area contributed by atoms with E-state index in [4.69, 9.17) is 10.2 Å². The first-order chi connectivity index (χ1) is 7.20. The standard InChI is InChI=1S/C10H22O4S/c11-5-1-9(13)3-7-15-8-4-10(14)2-6-12/h9-14H,1-8H2. The Hall–Kier alpha value is 0.190. The second-order valence-corrected chi connectivity index (χ2v) is 4.75. The van der Waals surface area contributed by atoms with E-state index in [1.165, 1.54) is 0 Å². The SMILES string of the molecule is OCCC(O)CCSCCC(O)CCO. The van der Waals surface area contributed by atoms with Crippen molar-refractivity contribution in [1.29, 1.82) is 0 Å². The maximum Gasteiger partial charge on any atom is 0.0570 e. The molecule has 0 saturated heterocycles. The summed E-state index contributed by atoms with van der Waals surface area (Å²) >= 11 is 1.68. The van der Waals surface area contributed by atoms with E-state index < -0.39 is 12.2 Å². The van der Waals surface area contributed by atoms with Crippen molar-refractivity contribution < 1.29 is 20.4 Å². The van der Waals surface area contributed by atoms with Gasteiger partial charge in [-0.25, -0.2) is 0 Å². The van der Waals surface area contributed by atoms with Crippen LogP contribution in [0.15, 0.2) is 0 Å². The average Bonchev–Trinajstić information content (AvgIpc) is 2.18. The molecule has 0 aliphatic heterocycles. The van der Waals surface area contributed by atoms with Crippen molar-refractivity contribution in [1.82, 2.24) is 0 Å². The predicted molar refractivity (Wildman–Crippen MR) is 62.0 cm³/mol. The van der Waals surface area contributed by atoms with Crippen molar-refractivity contribution in [3.8, 4) is 0 Å². The van der Waals surface area contributed by atoms with Gasteiger partial charge in [0, 0.05) is 13.2 Å². The summed E-state index contributed by atoms with van der Waals surface area (Å²) in [7, 11) is 0. The summed E-state index contributed by atoms with van der Waals surface area (Å²) < 4.78 is 0. The third-order valence-corrected chi connectivity index (χ3v) is 3.16. The average molecular weight is 238 g/mol. The van der Waals surface area contributed by atoms with Gasteiger partial charge in [-0.05, 0) is 37.2 Å². The summed E-state index contributed by atoms with van der Waals surface area (Å²) in [6.07, 6.45) is 1.42. The highest BCUT2D eigenvalue weighted by molar-refractivity contribution is 7.99. The molecule has 0 saturated carbocycles. The smallest absolute Gasteiger partial charge is 0.0570 e. The Balaban J connectivity index is 3.17. The van der Waals surface area contributed by atoms with Crippen molar-refractivity contribution in [2.45, 2.75) is 37.9 Å². The Labute approximate surface area is 95.3 Å². The van der Waals surface area contributed by atoms with Crippen LogP contribution in [0.3, 0.4) is 0 Å². The van der Waals surface area contributed by atoms with Gasteiger partial charge in [0.25, 0.3) is 0 Å². The van der Waals surface area contributed by atoms with E-state index in [1.54, 1.807) is 11.8 Å². The normalized spacial score (nSPS) is 15.2. The molecule has 0 aromatic carbocycles. The van der Waals surface area contributed by atoms with Gasteiger partial charge in [0.05, 0.1) is 12.2 Å². The third kappa shape index (κ3) is 10.5. The minimum atomic E-state index is -0.412. The highest BCUT2D eigenvalue weighted by Crippen LogP contribution is 2.10. The number of rotatable bonds is 10. The largest absolute Gasteiger partial charge is 0.396 e. The molecule has 0 rings (SSSR count). The fraction of sp³-hybridized carbons (Fsp3) is 1.00.